The van der Waals surface area contributed by atoms with E-state index < -0.39 is 42.4 Å². The lowest BCUT2D eigenvalue weighted by Gasteiger charge is -2.14. The average molecular weight is 484 g/mol. The van der Waals surface area contributed by atoms with Crippen LogP contribution in [0.25, 0.3) is 0 Å². The molecule has 1 aliphatic heterocycles. The average Bonchev–Trinajstić information content (AvgIpc) is 3.08. The van der Waals surface area contributed by atoms with Crippen LogP contribution in [0.5, 0.6) is 5.75 Å². The quantitative estimate of drug-likeness (QED) is 0.416. The van der Waals surface area contributed by atoms with Crippen molar-refractivity contribution in [2.75, 3.05) is 16.8 Å². The predicted octanol–water partition coefficient (Wildman–Crippen LogP) is 4.18. The number of amides is 3. The molecule has 0 radical (unpaired) electrons. The van der Waals surface area contributed by atoms with Gasteiger partial charge in [0.15, 0.2) is 6.61 Å². The van der Waals surface area contributed by atoms with Gasteiger partial charge in [0.05, 0.1) is 22.4 Å². The van der Waals surface area contributed by atoms with Crippen molar-refractivity contribution in [2.45, 2.75) is 6.36 Å². The zero-order valence-electron chi connectivity index (χ0n) is 17.7. The molecule has 0 spiro atoms. The van der Waals surface area contributed by atoms with E-state index >= 15 is 0 Å². The van der Waals surface area contributed by atoms with E-state index in [1.165, 1.54) is 36.4 Å². The lowest BCUT2D eigenvalue weighted by Crippen LogP contribution is -2.29. The summed E-state index contributed by atoms with van der Waals surface area (Å²) in [7, 11) is 0. The fourth-order valence-electron chi connectivity index (χ4n) is 3.32. The Bertz CT molecular complexity index is 1270. The number of alkyl halides is 3. The molecule has 0 aliphatic carbocycles. The van der Waals surface area contributed by atoms with Gasteiger partial charge >= 0.3 is 12.3 Å². The normalized spacial score (nSPS) is 12.8. The Kier molecular flexibility index (Phi) is 6.24. The number of halogens is 3. The van der Waals surface area contributed by atoms with E-state index in [9.17, 15) is 32.3 Å². The van der Waals surface area contributed by atoms with E-state index in [-0.39, 0.29) is 28.1 Å². The second-order valence-corrected chi connectivity index (χ2v) is 7.23. The number of hydrogen-bond donors (Lipinski definition) is 1. The number of esters is 1. The SMILES string of the molecule is O=C(COC(=O)c1ccc(N2C(=O)c3ccccc3C2=O)cc1)Nc1ccc(OC(F)(F)F)cc1. The third-order valence-electron chi connectivity index (χ3n) is 4.86. The number of carbonyl (C=O) groups excluding carboxylic acids is 4. The van der Waals surface area contributed by atoms with Crippen molar-refractivity contribution < 1.29 is 41.8 Å². The molecular formula is C24H15F3N2O6. The van der Waals surface area contributed by atoms with Crippen LogP contribution in [0, 0.1) is 0 Å². The van der Waals surface area contributed by atoms with Crippen LogP contribution in [0.3, 0.4) is 0 Å². The first-order chi connectivity index (χ1) is 16.6. The van der Waals surface area contributed by atoms with Crippen molar-refractivity contribution in [2.24, 2.45) is 0 Å². The van der Waals surface area contributed by atoms with Crippen LogP contribution < -0.4 is 15.0 Å². The van der Waals surface area contributed by atoms with Crippen LogP contribution in [-0.2, 0) is 9.53 Å². The third-order valence-corrected chi connectivity index (χ3v) is 4.86. The lowest BCUT2D eigenvalue weighted by atomic mass is 10.1. The molecular weight excluding hydrogens is 469 g/mol. The number of fused-ring (bicyclic) bond motifs is 1. The lowest BCUT2D eigenvalue weighted by molar-refractivity contribution is -0.274. The second-order valence-electron chi connectivity index (χ2n) is 7.23. The molecule has 0 aromatic heterocycles. The zero-order chi connectivity index (χ0) is 25.2. The molecule has 1 N–H and O–H groups in total. The van der Waals surface area contributed by atoms with Gasteiger partial charge in [0.2, 0.25) is 0 Å². The van der Waals surface area contributed by atoms with Crippen molar-refractivity contribution in [3.05, 3.63) is 89.5 Å². The van der Waals surface area contributed by atoms with Crippen molar-refractivity contribution in [1.29, 1.82) is 0 Å². The van der Waals surface area contributed by atoms with Crippen LogP contribution in [0.2, 0.25) is 0 Å². The van der Waals surface area contributed by atoms with Gasteiger partial charge in [-0.05, 0) is 60.7 Å². The number of benzene rings is 3. The maximum atomic E-state index is 12.5. The van der Waals surface area contributed by atoms with E-state index in [0.717, 1.165) is 17.0 Å². The highest BCUT2D eigenvalue weighted by Gasteiger charge is 2.36. The Hall–Kier alpha value is -4.67. The molecule has 178 valence electrons. The Morgan fingerprint density at radius 1 is 0.829 bits per heavy atom. The third kappa shape index (κ3) is 5.29. The van der Waals surface area contributed by atoms with Gasteiger partial charge in [-0.15, -0.1) is 13.2 Å². The number of anilines is 2. The van der Waals surface area contributed by atoms with Crippen molar-refractivity contribution in [3.8, 4) is 5.75 Å². The monoisotopic (exact) mass is 484 g/mol. The molecule has 11 heteroatoms. The van der Waals surface area contributed by atoms with Gasteiger partial charge < -0.3 is 14.8 Å². The minimum Gasteiger partial charge on any atom is -0.452 e. The highest BCUT2D eigenvalue weighted by Crippen LogP contribution is 2.28. The van der Waals surface area contributed by atoms with Crippen LogP contribution in [0.15, 0.2) is 72.8 Å². The number of nitrogens with one attached hydrogen (secondary N) is 1. The van der Waals surface area contributed by atoms with Crippen molar-refractivity contribution in [1.82, 2.24) is 0 Å². The number of imide groups is 1. The van der Waals surface area contributed by atoms with Crippen LogP contribution in [0.1, 0.15) is 31.1 Å². The van der Waals surface area contributed by atoms with E-state index in [2.05, 4.69) is 10.1 Å². The maximum Gasteiger partial charge on any atom is 0.573 e. The van der Waals surface area contributed by atoms with Gasteiger partial charge in [-0.3, -0.25) is 14.4 Å². The number of ether oxygens (including phenoxy) is 2. The van der Waals surface area contributed by atoms with Gasteiger partial charge in [-0.25, -0.2) is 9.69 Å². The summed E-state index contributed by atoms with van der Waals surface area (Å²) in [4.78, 5) is 50.3. The van der Waals surface area contributed by atoms with Gasteiger partial charge in [-0.1, -0.05) is 12.1 Å². The van der Waals surface area contributed by atoms with Crippen molar-refractivity contribution >= 4 is 35.1 Å². The molecule has 3 amide bonds. The molecule has 1 heterocycles. The van der Waals surface area contributed by atoms with Gasteiger partial charge in [-0.2, -0.15) is 0 Å². The summed E-state index contributed by atoms with van der Waals surface area (Å²) in [5, 5.41) is 2.37. The molecule has 0 fully saturated rings. The first-order valence-electron chi connectivity index (χ1n) is 10.0. The summed E-state index contributed by atoms with van der Waals surface area (Å²) >= 11 is 0. The molecule has 8 nitrogen and oxygen atoms in total. The molecule has 0 bridgehead atoms. The van der Waals surface area contributed by atoms with E-state index in [0.29, 0.717) is 0 Å². The summed E-state index contributed by atoms with van der Waals surface area (Å²) in [5.74, 6) is -2.95. The van der Waals surface area contributed by atoms with Crippen LogP contribution in [0.4, 0.5) is 24.5 Å². The second kappa shape index (κ2) is 9.29. The standard InChI is InChI=1S/C24H15F3N2O6/c25-24(26,27)35-17-11-7-15(8-12-17)28-20(30)13-34-23(33)14-5-9-16(10-6-14)29-21(31)18-3-1-2-4-19(18)22(29)32/h1-12H,13H2,(H,28,30). The highest BCUT2D eigenvalue weighted by atomic mass is 19.4. The first-order valence-corrected chi connectivity index (χ1v) is 10.0. The number of carbonyl (C=O) groups is 4. The smallest absolute Gasteiger partial charge is 0.452 e. The number of rotatable bonds is 6. The topological polar surface area (TPSA) is 102 Å². The Morgan fingerprint density at radius 3 is 1.94 bits per heavy atom. The molecule has 0 atom stereocenters. The van der Waals surface area contributed by atoms with E-state index in [1.54, 1.807) is 24.3 Å². The van der Waals surface area contributed by atoms with Gasteiger partial charge in [0.25, 0.3) is 17.7 Å². The van der Waals surface area contributed by atoms with Crippen LogP contribution in [-0.4, -0.2) is 36.7 Å². The molecule has 0 unspecified atom stereocenters. The highest BCUT2D eigenvalue weighted by molar-refractivity contribution is 6.34. The molecule has 3 aromatic carbocycles. The fraction of sp³-hybridized carbons (Fsp3) is 0.0833. The fourth-order valence-corrected chi connectivity index (χ4v) is 3.32. The summed E-state index contributed by atoms with van der Waals surface area (Å²) in [6.45, 7) is -0.653. The summed E-state index contributed by atoms with van der Waals surface area (Å²) < 4.78 is 45.2. The Labute approximate surface area is 195 Å². The predicted molar refractivity (Wildman–Crippen MR) is 116 cm³/mol. The number of hydrogen-bond acceptors (Lipinski definition) is 6. The largest absolute Gasteiger partial charge is 0.573 e. The van der Waals surface area contributed by atoms with Gasteiger partial charge in [0.1, 0.15) is 5.75 Å². The molecule has 0 saturated heterocycles. The van der Waals surface area contributed by atoms with E-state index in [4.69, 9.17) is 4.74 Å². The molecule has 0 saturated carbocycles. The molecule has 4 rings (SSSR count). The van der Waals surface area contributed by atoms with Crippen LogP contribution >= 0.6 is 0 Å². The number of nitrogens with zero attached hydrogens (tertiary/aromatic N) is 1. The maximum absolute atomic E-state index is 12.5. The minimum absolute atomic E-state index is 0.0758. The Morgan fingerprint density at radius 2 is 1.40 bits per heavy atom. The summed E-state index contributed by atoms with van der Waals surface area (Å²) in [5.41, 5.74) is 1.09. The molecule has 35 heavy (non-hydrogen) atoms. The van der Waals surface area contributed by atoms with Crippen molar-refractivity contribution in [3.63, 3.8) is 0 Å². The Balaban J connectivity index is 1.32. The zero-order valence-corrected chi connectivity index (χ0v) is 17.7. The summed E-state index contributed by atoms with van der Waals surface area (Å²) in [6, 6.07) is 16.3. The summed E-state index contributed by atoms with van der Waals surface area (Å²) in [6.07, 6.45) is -4.83. The molecule has 1 aliphatic rings. The van der Waals surface area contributed by atoms with E-state index in [1.807, 2.05) is 0 Å². The van der Waals surface area contributed by atoms with Gasteiger partial charge in [0, 0.05) is 5.69 Å². The first kappa shape index (κ1) is 23.5. The molecule has 3 aromatic rings. The minimum atomic E-state index is -4.83.